The highest BCUT2D eigenvalue weighted by molar-refractivity contribution is 9.10. The van der Waals surface area contributed by atoms with Crippen LogP contribution in [0.1, 0.15) is 11.6 Å². The molecule has 1 fully saturated rings. The van der Waals surface area contributed by atoms with Gasteiger partial charge in [0.15, 0.2) is 0 Å². The topological polar surface area (TPSA) is 24.5 Å². The molecule has 0 amide bonds. The van der Waals surface area contributed by atoms with Crippen LogP contribution in [0.5, 0.6) is 0 Å². The fraction of sp³-hybridized carbons (Fsp3) is 0.538. The molecule has 18 heavy (non-hydrogen) atoms. The summed E-state index contributed by atoms with van der Waals surface area (Å²) in [5, 5.41) is 3.15. The van der Waals surface area contributed by atoms with Gasteiger partial charge in [-0.3, -0.25) is 4.90 Å². The van der Waals surface area contributed by atoms with Gasteiger partial charge in [-0.2, -0.15) is 0 Å². The van der Waals surface area contributed by atoms with Gasteiger partial charge in [-0.15, -0.1) is 0 Å². The maximum absolute atomic E-state index is 13.3. The lowest BCUT2D eigenvalue weighted by molar-refractivity contribution is -0.0606. The second-order valence-electron chi connectivity index (χ2n) is 4.57. The number of halogens is 2. The highest BCUT2D eigenvalue weighted by atomic mass is 79.9. The highest BCUT2D eigenvalue weighted by Gasteiger charge is 2.31. The van der Waals surface area contributed by atoms with Crippen molar-refractivity contribution in [1.29, 1.82) is 0 Å². The van der Waals surface area contributed by atoms with E-state index < -0.39 is 0 Å². The summed E-state index contributed by atoms with van der Waals surface area (Å²) in [6.07, 6.45) is 0.0890. The Morgan fingerprint density at radius 2 is 2.33 bits per heavy atom. The van der Waals surface area contributed by atoms with Gasteiger partial charge in [0.1, 0.15) is 5.82 Å². The third-order valence-electron chi connectivity index (χ3n) is 3.29. The van der Waals surface area contributed by atoms with Crippen molar-refractivity contribution in [3.8, 4) is 0 Å². The van der Waals surface area contributed by atoms with E-state index in [9.17, 15) is 4.39 Å². The van der Waals surface area contributed by atoms with Gasteiger partial charge < -0.3 is 10.1 Å². The standard InChI is InChI=1S/C13H18BrFN2O/c1-16-8-12-13(17(2)5-6-18-12)9-3-4-11(15)10(14)7-9/h3-4,7,12-13,16H,5-6,8H2,1-2H3. The van der Waals surface area contributed by atoms with Crippen LogP contribution >= 0.6 is 15.9 Å². The number of nitrogens with zero attached hydrogens (tertiary/aromatic N) is 1. The minimum Gasteiger partial charge on any atom is -0.374 e. The molecular formula is C13H18BrFN2O. The monoisotopic (exact) mass is 316 g/mol. The quantitative estimate of drug-likeness (QED) is 0.925. The summed E-state index contributed by atoms with van der Waals surface area (Å²) in [5.41, 5.74) is 1.07. The van der Waals surface area contributed by atoms with Crippen LogP contribution in [-0.2, 0) is 4.74 Å². The summed E-state index contributed by atoms with van der Waals surface area (Å²) in [5.74, 6) is -0.233. The van der Waals surface area contributed by atoms with Crippen molar-refractivity contribution < 1.29 is 9.13 Å². The van der Waals surface area contributed by atoms with Crippen molar-refractivity contribution in [2.45, 2.75) is 12.1 Å². The predicted molar refractivity (Wildman–Crippen MR) is 73.1 cm³/mol. The molecule has 2 rings (SSSR count). The number of likely N-dealkylation sites (N-methyl/N-ethyl adjacent to an activating group) is 2. The van der Waals surface area contributed by atoms with E-state index in [1.165, 1.54) is 6.07 Å². The summed E-state index contributed by atoms with van der Waals surface area (Å²) in [7, 11) is 3.99. The first-order valence-corrected chi connectivity index (χ1v) is 6.84. The molecular weight excluding hydrogens is 299 g/mol. The Morgan fingerprint density at radius 3 is 3.00 bits per heavy atom. The molecule has 0 spiro atoms. The minimum atomic E-state index is -0.233. The number of hydrogen-bond donors (Lipinski definition) is 1. The fourth-order valence-corrected chi connectivity index (χ4v) is 2.80. The van der Waals surface area contributed by atoms with Crippen molar-refractivity contribution in [2.24, 2.45) is 0 Å². The number of benzene rings is 1. The third-order valence-corrected chi connectivity index (χ3v) is 3.90. The van der Waals surface area contributed by atoms with Gasteiger partial charge in [0.25, 0.3) is 0 Å². The first-order chi connectivity index (χ1) is 8.63. The molecule has 1 aromatic rings. The van der Waals surface area contributed by atoms with Crippen LogP contribution in [0.15, 0.2) is 22.7 Å². The Hall–Kier alpha value is -0.490. The zero-order valence-corrected chi connectivity index (χ0v) is 12.2. The van der Waals surface area contributed by atoms with Crippen LogP contribution in [0.25, 0.3) is 0 Å². The van der Waals surface area contributed by atoms with E-state index in [1.807, 2.05) is 19.2 Å². The Labute approximate surface area is 115 Å². The second kappa shape index (κ2) is 6.10. The summed E-state index contributed by atoms with van der Waals surface area (Å²) in [4.78, 5) is 2.26. The molecule has 1 N–H and O–H groups in total. The van der Waals surface area contributed by atoms with Gasteiger partial charge in [0.05, 0.1) is 23.2 Å². The van der Waals surface area contributed by atoms with Gasteiger partial charge in [-0.05, 0) is 47.7 Å². The van der Waals surface area contributed by atoms with Gasteiger partial charge >= 0.3 is 0 Å². The average Bonchev–Trinajstić information content (AvgIpc) is 2.34. The molecule has 0 aliphatic carbocycles. The molecule has 1 heterocycles. The van der Waals surface area contributed by atoms with Crippen LogP contribution in [0.3, 0.4) is 0 Å². The van der Waals surface area contributed by atoms with Crippen molar-refractivity contribution in [2.75, 3.05) is 33.8 Å². The maximum Gasteiger partial charge on any atom is 0.137 e. The Kier molecular flexibility index (Phi) is 4.72. The number of morpholine rings is 1. The first-order valence-electron chi connectivity index (χ1n) is 6.05. The van der Waals surface area contributed by atoms with Crippen molar-refractivity contribution >= 4 is 15.9 Å². The summed E-state index contributed by atoms with van der Waals surface area (Å²) in [6, 6.07) is 5.33. The lowest BCUT2D eigenvalue weighted by atomic mass is 9.98. The molecule has 0 aromatic heterocycles. The van der Waals surface area contributed by atoms with Crippen LogP contribution in [0.2, 0.25) is 0 Å². The van der Waals surface area contributed by atoms with Crippen LogP contribution in [0, 0.1) is 5.82 Å². The Balaban J connectivity index is 2.28. The number of hydrogen-bond acceptors (Lipinski definition) is 3. The molecule has 0 saturated carbocycles. The van der Waals surface area contributed by atoms with Gasteiger partial charge in [0.2, 0.25) is 0 Å². The lowest BCUT2D eigenvalue weighted by Crippen LogP contribution is -2.46. The maximum atomic E-state index is 13.3. The summed E-state index contributed by atoms with van der Waals surface area (Å²) >= 11 is 3.24. The predicted octanol–water partition coefficient (Wildman–Crippen LogP) is 2.18. The smallest absolute Gasteiger partial charge is 0.137 e. The SMILES string of the molecule is CNCC1OCCN(C)C1c1ccc(F)c(Br)c1. The summed E-state index contributed by atoms with van der Waals surface area (Å²) < 4.78 is 19.6. The van der Waals surface area contributed by atoms with Gasteiger partial charge in [-0.25, -0.2) is 4.39 Å². The van der Waals surface area contributed by atoms with Crippen LogP contribution in [-0.4, -0.2) is 44.8 Å². The van der Waals surface area contributed by atoms with E-state index in [2.05, 4.69) is 33.2 Å². The Morgan fingerprint density at radius 1 is 1.56 bits per heavy atom. The molecule has 2 atom stereocenters. The molecule has 3 nitrogen and oxygen atoms in total. The fourth-order valence-electron chi connectivity index (χ4n) is 2.40. The lowest BCUT2D eigenvalue weighted by Gasteiger charge is -2.39. The molecule has 0 bridgehead atoms. The molecule has 2 unspecified atom stereocenters. The number of rotatable bonds is 3. The molecule has 1 aromatic carbocycles. The van der Waals surface area contributed by atoms with E-state index >= 15 is 0 Å². The highest BCUT2D eigenvalue weighted by Crippen LogP contribution is 2.30. The summed E-state index contributed by atoms with van der Waals surface area (Å²) in [6.45, 7) is 2.41. The largest absolute Gasteiger partial charge is 0.374 e. The first kappa shape index (κ1) is 13.9. The molecule has 5 heteroatoms. The normalized spacial score (nSPS) is 25.3. The van der Waals surface area contributed by atoms with Gasteiger partial charge in [0, 0.05) is 13.1 Å². The van der Waals surface area contributed by atoms with E-state index in [0.717, 1.165) is 25.3 Å². The van der Waals surface area contributed by atoms with Crippen molar-refractivity contribution in [3.63, 3.8) is 0 Å². The number of nitrogens with one attached hydrogen (secondary N) is 1. The molecule has 0 radical (unpaired) electrons. The van der Waals surface area contributed by atoms with Crippen molar-refractivity contribution in [1.82, 2.24) is 10.2 Å². The van der Waals surface area contributed by atoms with E-state index in [0.29, 0.717) is 4.47 Å². The zero-order chi connectivity index (χ0) is 13.1. The molecule has 1 saturated heterocycles. The third kappa shape index (κ3) is 2.91. The van der Waals surface area contributed by atoms with E-state index in [-0.39, 0.29) is 18.0 Å². The molecule has 1 aliphatic heterocycles. The van der Waals surface area contributed by atoms with Crippen molar-refractivity contribution in [3.05, 3.63) is 34.1 Å². The van der Waals surface area contributed by atoms with E-state index in [4.69, 9.17) is 4.74 Å². The van der Waals surface area contributed by atoms with Gasteiger partial charge in [-0.1, -0.05) is 6.07 Å². The van der Waals surface area contributed by atoms with Crippen LogP contribution in [0.4, 0.5) is 4.39 Å². The minimum absolute atomic E-state index is 0.0890. The average molecular weight is 317 g/mol. The number of ether oxygens (including phenoxy) is 1. The molecule has 1 aliphatic rings. The second-order valence-corrected chi connectivity index (χ2v) is 5.42. The zero-order valence-electron chi connectivity index (χ0n) is 10.6. The molecule has 100 valence electrons. The van der Waals surface area contributed by atoms with Crippen LogP contribution < -0.4 is 5.32 Å². The van der Waals surface area contributed by atoms with E-state index in [1.54, 1.807) is 0 Å². The Bertz CT molecular complexity index is 414.